The number of hydrogen-bond donors (Lipinski definition) is 1. The summed E-state index contributed by atoms with van der Waals surface area (Å²) < 4.78 is 39.3. The summed E-state index contributed by atoms with van der Waals surface area (Å²) in [5.41, 5.74) is 0.899. The highest BCUT2D eigenvalue weighted by Crippen LogP contribution is 2.31. The number of benzene rings is 1. The van der Waals surface area contributed by atoms with Crippen molar-refractivity contribution in [1.82, 2.24) is 4.98 Å². The largest absolute Gasteiger partial charge is 0.383 e. The number of hydrogen-bond acceptors (Lipinski definition) is 6. The average Bonchev–Trinajstić information content (AvgIpc) is 3.06. The lowest BCUT2D eigenvalue weighted by Crippen LogP contribution is -2.19. The zero-order chi connectivity index (χ0) is 22.1. The minimum absolute atomic E-state index is 0.00144. The van der Waals surface area contributed by atoms with Gasteiger partial charge >= 0.3 is 0 Å². The van der Waals surface area contributed by atoms with Gasteiger partial charge in [0.2, 0.25) is 0 Å². The summed E-state index contributed by atoms with van der Waals surface area (Å²) in [5, 5.41) is 10.3. The van der Waals surface area contributed by atoms with Crippen molar-refractivity contribution in [3.8, 4) is 0 Å². The van der Waals surface area contributed by atoms with Crippen LogP contribution in [-0.4, -0.2) is 30.0 Å². The fourth-order valence-corrected chi connectivity index (χ4v) is 5.59. The van der Waals surface area contributed by atoms with Gasteiger partial charge in [0.25, 0.3) is 0 Å². The van der Waals surface area contributed by atoms with Gasteiger partial charge in [-0.05, 0) is 54.5 Å². The summed E-state index contributed by atoms with van der Waals surface area (Å²) in [6, 6.07) is 2.85. The number of nitrogens with zero attached hydrogens (tertiary/aromatic N) is 1. The van der Waals surface area contributed by atoms with Crippen LogP contribution in [0.2, 0.25) is 0 Å². The summed E-state index contributed by atoms with van der Waals surface area (Å²) in [6.45, 7) is 10.7. The Hall–Kier alpha value is -1.64. The average molecular weight is 442 g/mol. The second-order valence-corrected chi connectivity index (χ2v) is 11.6. The molecule has 0 aliphatic rings. The Morgan fingerprint density at radius 2 is 1.69 bits per heavy atom. The van der Waals surface area contributed by atoms with E-state index in [2.05, 4.69) is 4.98 Å². The van der Waals surface area contributed by atoms with E-state index in [1.54, 1.807) is 0 Å². The molecular formula is C21H28FNO4S2. The van der Waals surface area contributed by atoms with Gasteiger partial charge in [-0.1, -0.05) is 27.7 Å². The molecule has 0 spiro atoms. The number of aromatic nitrogens is 1. The lowest BCUT2D eigenvalue weighted by molar-refractivity contribution is -0.116. The number of carbonyl (C=O) groups excluding carboxylic acids is 1. The molecule has 1 N–H and O–H groups in total. The van der Waals surface area contributed by atoms with Crippen LogP contribution in [0.4, 0.5) is 4.39 Å². The van der Waals surface area contributed by atoms with Gasteiger partial charge in [0.1, 0.15) is 26.4 Å². The van der Waals surface area contributed by atoms with Crippen molar-refractivity contribution >= 4 is 27.0 Å². The normalized spacial score (nSPS) is 12.8. The van der Waals surface area contributed by atoms with Crippen LogP contribution in [-0.2, 0) is 26.7 Å². The smallest absolute Gasteiger partial charge is 0.196 e. The number of sulfone groups is 1. The molecule has 0 saturated heterocycles. The van der Waals surface area contributed by atoms with Gasteiger partial charge < -0.3 is 5.11 Å². The Kier molecular flexibility index (Phi) is 7.02. The van der Waals surface area contributed by atoms with E-state index in [0.717, 1.165) is 22.5 Å². The molecule has 5 nitrogen and oxygen atoms in total. The molecule has 29 heavy (non-hydrogen) atoms. The van der Waals surface area contributed by atoms with Crippen molar-refractivity contribution in [3.63, 3.8) is 0 Å². The molecule has 2 rings (SSSR count). The molecule has 0 radical (unpaired) electrons. The molecule has 0 aliphatic carbocycles. The van der Waals surface area contributed by atoms with Crippen molar-refractivity contribution in [2.75, 3.05) is 5.75 Å². The van der Waals surface area contributed by atoms with Crippen molar-refractivity contribution in [3.05, 3.63) is 45.8 Å². The van der Waals surface area contributed by atoms with E-state index in [1.807, 2.05) is 27.7 Å². The van der Waals surface area contributed by atoms with Crippen LogP contribution in [0.1, 0.15) is 75.1 Å². The van der Waals surface area contributed by atoms with Crippen molar-refractivity contribution in [1.29, 1.82) is 0 Å². The molecule has 0 fully saturated rings. The molecular weight excluding hydrogens is 413 g/mol. The van der Waals surface area contributed by atoms with E-state index in [0.29, 0.717) is 5.56 Å². The minimum Gasteiger partial charge on any atom is -0.383 e. The molecule has 0 atom stereocenters. The molecule has 1 aromatic carbocycles. The summed E-state index contributed by atoms with van der Waals surface area (Å²) in [5.74, 6) is -1.48. The fraction of sp³-hybridized carbons (Fsp3) is 0.524. The van der Waals surface area contributed by atoms with Crippen LogP contribution in [0, 0.1) is 5.82 Å². The zero-order valence-corrected chi connectivity index (χ0v) is 19.2. The van der Waals surface area contributed by atoms with E-state index < -0.39 is 27.0 Å². The highest BCUT2D eigenvalue weighted by molar-refractivity contribution is 7.94. The first-order chi connectivity index (χ1) is 13.2. The van der Waals surface area contributed by atoms with Gasteiger partial charge in [-0.25, -0.2) is 17.8 Å². The second kappa shape index (κ2) is 8.62. The Bertz CT molecular complexity index is 973. The van der Waals surface area contributed by atoms with Gasteiger partial charge in [0.15, 0.2) is 15.6 Å². The maximum atomic E-state index is 14.1. The molecule has 1 aromatic heterocycles. The van der Waals surface area contributed by atoms with Crippen molar-refractivity contribution in [2.45, 2.75) is 69.6 Å². The van der Waals surface area contributed by atoms with E-state index in [-0.39, 0.29) is 33.3 Å². The quantitative estimate of drug-likeness (QED) is 0.659. The Labute approximate surface area is 175 Å². The molecule has 160 valence electrons. The highest BCUT2D eigenvalue weighted by Gasteiger charge is 2.28. The molecule has 1 heterocycles. The first-order valence-electron chi connectivity index (χ1n) is 9.47. The summed E-state index contributed by atoms with van der Waals surface area (Å²) >= 11 is 0.862. The predicted octanol–water partition coefficient (Wildman–Crippen LogP) is 4.34. The predicted molar refractivity (Wildman–Crippen MR) is 113 cm³/mol. The molecule has 0 unspecified atom stereocenters. The number of ketones is 1. The maximum absolute atomic E-state index is 14.1. The third-order valence-corrected chi connectivity index (χ3v) is 8.10. The third-order valence-electron chi connectivity index (χ3n) is 4.57. The molecule has 2 aromatic rings. The SMILES string of the molecule is CC(C)c1cc(F)cc(C(C)C)c1CC(=O)CS(=O)(=O)c1cnc(C(C)(C)O)s1. The van der Waals surface area contributed by atoms with E-state index in [9.17, 15) is 22.7 Å². The molecule has 0 aliphatic heterocycles. The second-order valence-electron chi connectivity index (χ2n) is 8.39. The molecule has 0 saturated carbocycles. The number of aliphatic hydroxyl groups is 1. The van der Waals surface area contributed by atoms with E-state index in [4.69, 9.17) is 0 Å². The number of Topliss-reactive ketones (excluding diaryl/α,β-unsaturated/α-hetero) is 1. The summed E-state index contributed by atoms with van der Waals surface area (Å²) in [6.07, 6.45) is 1.11. The molecule has 0 amide bonds. The van der Waals surface area contributed by atoms with Crippen LogP contribution >= 0.6 is 11.3 Å². The summed E-state index contributed by atoms with van der Waals surface area (Å²) in [7, 11) is -3.87. The number of halogens is 1. The first kappa shape index (κ1) is 23.6. The van der Waals surface area contributed by atoms with E-state index >= 15 is 0 Å². The lowest BCUT2D eigenvalue weighted by Gasteiger charge is -2.19. The van der Waals surface area contributed by atoms with E-state index in [1.165, 1.54) is 32.2 Å². The van der Waals surface area contributed by atoms with Gasteiger partial charge in [0, 0.05) is 6.42 Å². The van der Waals surface area contributed by atoms with Crippen molar-refractivity contribution < 1.29 is 22.7 Å². The van der Waals surface area contributed by atoms with Gasteiger partial charge in [0.05, 0.1) is 6.20 Å². The van der Waals surface area contributed by atoms with Crippen LogP contribution in [0.5, 0.6) is 0 Å². The molecule has 8 heteroatoms. The topological polar surface area (TPSA) is 84.3 Å². The van der Waals surface area contributed by atoms with Gasteiger partial charge in [-0.3, -0.25) is 4.79 Å². The third kappa shape index (κ3) is 5.71. The monoisotopic (exact) mass is 441 g/mol. The van der Waals surface area contributed by atoms with Crippen LogP contribution in [0.15, 0.2) is 22.5 Å². The van der Waals surface area contributed by atoms with Gasteiger partial charge in [-0.2, -0.15) is 0 Å². The lowest BCUT2D eigenvalue weighted by atomic mass is 9.86. The standard InChI is InChI=1S/C21H28FNO4S2/c1-12(2)16-7-14(22)8-17(13(3)4)18(16)9-15(24)11-29(26,27)19-10-23-20(28-19)21(5,6)25/h7-8,10,12-13,25H,9,11H2,1-6H3. The highest BCUT2D eigenvalue weighted by atomic mass is 32.2. The van der Waals surface area contributed by atoms with Crippen LogP contribution in [0.25, 0.3) is 0 Å². The molecule has 0 bridgehead atoms. The fourth-order valence-electron chi connectivity index (χ4n) is 3.13. The van der Waals surface area contributed by atoms with Crippen LogP contribution < -0.4 is 0 Å². The zero-order valence-electron chi connectivity index (χ0n) is 17.6. The van der Waals surface area contributed by atoms with Gasteiger partial charge in [-0.15, -0.1) is 11.3 Å². The first-order valence-corrected chi connectivity index (χ1v) is 11.9. The summed E-state index contributed by atoms with van der Waals surface area (Å²) in [4.78, 5) is 16.7. The Balaban J connectivity index is 2.32. The Morgan fingerprint density at radius 1 is 1.17 bits per heavy atom. The minimum atomic E-state index is -3.87. The van der Waals surface area contributed by atoms with Crippen LogP contribution in [0.3, 0.4) is 0 Å². The number of carbonyl (C=O) groups is 1. The Morgan fingerprint density at radius 3 is 2.10 bits per heavy atom. The van der Waals surface area contributed by atoms with Crippen molar-refractivity contribution in [2.24, 2.45) is 0 Å². The number of rotatable bonds is 8. The maximum Gasteiger partial charge on any atom is 0.196 e. The number of thiazole rings is 1.